The van der Waals surface area contributed by atoms with E-state index in [0.29, 0.717) is 30.1 Å². The van der Waals surface area contributed by atoms with Crippen LogP contribution in [0.15, 0.2) is 30.5 Å². The molecule has 2 atom stereocenters. The van der Waals surface area contributed by atoms with Crippen LogP contribution in [0.1, 0.15) is 29.3 Å². The van der Waals surface area contributed by atoms with Gasteiger partial charge in [-0.2, -0.15) is 4.98 Å². The first-order chi connectivity index (χ1) is 12.6. The van der Waals surface area contributed by atoms with Crippen molar-refractivity contribution in [3.8, 4) is 0 Å². The second kappa shape index (κ2) is 6.92. The number of aryl methyl sites for hydroxylation is 1. The van der Waals surface area contributed by atoms with Crippen molar-refractivity contribution in [2.75, 3.05) is 29.9 Å². The maximum absolute atomic E-state index is 12.0. The lowest BCUT2D eigenvalue weighted by molar-refractivity contribution is 0.0955. The fraction of sp³-hybridized carbons (Fsp3) is 0.421. The highest BCUT2D eigenvalue weighted by molar-refractivity contribution is 5.96. The van der Waals surface area contributed by atoms with Crippen molar-refractivity contribution in [2.45, 2.75) is 32.4 Å². The summed E-state index contributed by atoms with van der Waals surface area (Å²) in [6, 6.07) is 8.79. The van der Waals surface area contributed by atoms with Crippen LogP contribution < -0.4 is 20.9 Å². The smallest absolute Gasteiger partial charge is 0.251 e. The molecule has 26 heavy (non-hydrogen) atoms. The number of piperidine rings is 1. The third-order valence-electron chi connectivity index (χ3n) is 4.95. The summed E-state index contributed by atoms with van der Waals surface area (Å²) in [5.41, 5.74) is 2.47. The Kier molecular flexibility index (Phi) is 4.46. The Hall–Kier alpha value is -2.67. The fourth-order valence-electron chi connectivity index (χ4n) is 3.67. The number of carbonyl (C=O) groups is 1. The number of aromatic nitrogens is 2. The van der Waals surface area contributed by atoms with E-state index in [-0.39, 0.29) is 5.91 Å². The average molecular weight is 352 g/mol. The first-order valence-electron chi connectivity index (χ1n) is 9.12. The largest absolute Gasteiger partial charge is 0.353 e. The molecule has 0 radical (unpaired) electrons. The topological polar surface area (TPSA) is 82.2 Å². The zero-order valence-corrected chi connectivity index (χ0v) is 15.1. The van der Waals surface area contributed by atoms with Gasteiger partial charge in [-0.15, -0.1) is 0 Å². The SMILES string of the molecule is CCNC(=O)c1ccc(Nc2nccc(N3CC4CC(C3)N4)n2)cc1C. The number of piperazine rings is 1. The molecule has 1 aromatic carbocycles. The molecule has 1 aromatic heterocycles. The molecular weight excluding hydrogens is 328 g/mol. The van der Waals surface area contributed by atoms with E-state index in [0.717, 1.165) is 30.2 Å². The Morgan fingerprint density at radius 3 is 2.77 bits per heavy atom. The quantitative estimate of drug-likeness (QED) is 0.762. The van der Waals surface area contributed by atoms with E-state index in [1.54, 1.807) is 6.20 Å². The second-order valence-electron chi connectivity index (χ2n) is 6.95. The molecule has 3 saturated heterocycles. The summed E-state index contributed by atoms with van der Waals surface area (Å²) in [5, 5.41) is 9.61. The van der Waals surface area contributed by atoms with Gasteiger partial charge >= 0.3 is 0 Å². The summed E-state index contributed by atoms with van der Waals surface area (Å²) in [4.78, 5) is 23.3. The minimum Gasteiger partial charge on any atom is -0.353 e. The van der Waals surface area contributed by atoms with E-state index in [2.05, 4.69) is 30.8 Å². The van der Waals surface area contributed by atoms with Gasteiger partial charge in [0, 0.05) is 49.2 Å². The number of carbonyl (C=O) groups excluding carboxylic acids is 1. The Morgan fingerprint density at radius 2 is 2.08 bits per heavy atom. The van der Waals surface area contributed by atoms with Crippen molar-refractivity contribution in [2.24, 2.45) is 0 Å². The molecule has 7 nitrogen and oxygen atoms in total. The second-order valence-corrected chi connectivity index (χ2v) is 6.95. The number of fused-ring (bicyclic) bond motifs is 2. The normalized spacial score (nSPS) is 21.1. The van der Waals surface area contributed by atoms with Crippen LogP contribution in [0.2, 0.25) is 0 Å². The van der Waals surface area contributed by atoms with Crippen LogP contribution in [-0.4, -0.2) is 47.6 Å². The number of benzene rings is 1. The van der Waals surface area contributed by atoms with Crippen LogP contribution in [-0.2, 0) is 0 Å². The highest BCUT2D eigenvalue weighted by Crippen LogP contribution is 2.26. The molecule has 3 aliphatic rings. The monoisotopic (exact) mass is 352 g/mol. The maximum Gasteiger partial charge on any atom is 0.251 e. The standard InChI is InChI=1S/C19H24N6O/c1-3-20-18(26)16-5-4-13(8-12(16)2)23-19-21-7-6-17(24-19)25-10-14-9-15(11-25)22-14/h4-8,14-15,22H,3,9-11H2,1-2H3,(H,20,26)(H,21,23,24). The Bertz CT molecular complexity index is 807. The van der Waals surface area contributed by atoms with Crippen LogP contribution >= 0.6 is 0 Å². The van der Waals surface area contributed by atoms with E-state index in [9.17, 15) is 4.79 Å². The molecule has 1 amide bonds. The minimum atomic E-state index is -0.0490. The number of nitrogens with one attached hydrogen (secondary N) is 3. The highest BCUT2D eigenvalue weighted by atomic mass is 16.1. The van der Waals surface area contributed by atoms with Crippen molar-refractivity contribution in [3.63, 3.8) is 0 Å². The zero-order valence-electron chi connectivity index (χ0n) is 15.1. The molecule has 2 unspecified atom stereocenters. The Balaban J connectivity index is 1.48. The average Bonchev–Trinajstić information content (AvgIpc) is 2.62. The molecule has 3 fully saturated rings. The summed E-state index contributed by atoms with van der Waals surface area (Å²) in [6.45, 7) is 6.45. The molecule has 2 aromatic rings. The molecule has 5 rings (SSSR count). The lowest BCUT2D eigenvalue weighted by Crippen LogP contribution is -2.67. The van der Waals surface area contributed by atoms with Gasteiger partial charge in [0.05, 0.1) is 0 Å². The van der Waals surface area contributed by atoms with Gasteiger partial charge < -0.3 is 20.9 Å². The maximum atomic E-state index is 12.0. The summed E-state index contributed by atoms with van der Waals surface area (Å²) in [6.07, 6.45) is 3.05. The predicted molar refractivity (Wildman–Crippen MR) is 102 cm³/mol. The van der Waals surface area contributed by atoms with Gasteiger partial charge in [-0.1, -0.05) is 0 Å². The molecule has 2 bridgehead atoms. The van der Waals surface area contributed by atoms with Crippen LogP contribution in [0.25, 0.3) is 0 Å². The number of rotatable bonds is 5. The molecule has 136 valence electrons. The number of hydrogen-bond donors (Lipinski definition) is 3. The number of hydrogen-bond acceptors (Lipinski definition) is 6. The van der Waals surface area contributed by atoms with Gasteiger partial charge in [0.25, 0.3) is 5.91 Å². The summed E-state index contributed by atoms with van der Waals surface area (Å²) in [5.74, 6) is 1.47. The molecule has 0 spiro atoms. The zero-order chi connectivity index (χ0) is 18.1. The summed E-state index contributed by atoms with van der Waals surface area (Å²) in [7, 11) is 0. The van der Waals surface area contributed by atoms with Crippen LogP contribution in [0.3, 0.4) is 0 Å². The van der Waals surface area contributed by atoms with E-state index in [4.69, 9.17) is 0 Å². The van der Waals surface area contributed by atoms with E-state index >= 15 is 0 Å². The Morgan fingerprint density at radius 1 is 1.31 bits per heavy atom. The number of anilines is 3. The molecule has 7 heteroatoms. The third kappa shape index (κ3) is 3.35. The summed E-state index contributed by atoms with van der Waals surface area (Å²) >= 11 is 0. The molecule has 4 heterocycles. The van der Waals surface area contributed by atoms with Gasteiger partial charge in [0.2, 0.25) is 5.95 Å². The van der Waals surface area contributed by atoms with Crippen LogP contribution in [0.4, 0.5) is 17.5 Å². The highest BCUT2D eigenvalue weighted by Gasteiger charge is 2.36. The lowest BCUT2D eigenvalue weighted by Gasteiger charge is -2.48. The van der Waals surface area contributed by atoms with Crippen molar-refractivity contribution < 1.29 is 4.79 Å². The first-order valence-corrected chi connectivity index (χ1v) is 9.12. The van der Waals surface area contributed by atoms with Crippen molar-refractivity contribution in [3.05, 3.63) is 41.6 Å². The van der Waals surface area contributed by atoms with E-state index < -0.39 is 0 Å². The van der Waals surface area contributed by atoms with Crippen molar-refractivity contribution in [1.82, 2.24) is 20.6 Å². The van der Waals surface area contributed by atoms with E-state index in [1.807, 2.05) is 38.1 Å². The lowest BCUT2D eigenvalue weighted by atomic mass is 9.91. The first kappa shape index (κ1) is 16.8. The molecule has 3 N–H and O–H groups in total. The molecular formula is C19H24N6O. The predicted octanol–water partition coefficient (Wildman–Crippen LogP) is 1.83. The van der Waals surface area contributed by atoms with Gasteiger partial charge in [-0.25, -0.2) is 4.98 Å². The Labute approximate surface area is 153 Å². The van der Waals surface area contributed by atoms with Crippen molar-refractivity contribution >= 4 is 23.4 Å². The van der Waals surface area contributed by atoms with Gasteiger partial charge in [-0.3, -0.25) is 4.79 Å². The van der Waals surface area contributed by atoms with Crippen LogP contribution in [0.5, 0.6) is 0 Å². The van der Waals surface area contributed by atoms with Crippen molar-refractivity contribution in [1.29, 1.82) is 0 Å². The van der Waals surface area contributed by atoms with Gasteiger partial charge in [0.15, 0.2) is 0 Å². The molecule has 3 aliphatic heterocycles. The minimum absolute atomic E-state index is 0.0490. The van der Waals surface area contributed by atoms with E-state index in [1.165, 1.54) is 6.42 Å². The summed E-state index contributed by atoms with van der Waals surface area (Å²) < 4.78 is 0. The number of amides is 1. The van der Waals surface area contributed by atoms with Crippen LogP contribution in [0, 0.1) is 6.92 Å². The molecule has 0 saturated carbocycles. The molecule has 0 aliphatic carbocycles. The third-order valence-corrected chi connectivity index (χ3v) is 4.95. The van der Waals surface area contributed by atoms with Gasteiger partial charge in [0.1, 0.15) is 5.82 Å². The number of nitrogens with zero attached hydrogens (tertiary/aromatic N) is 3. The fourth-order valence-corrected chi connectivity index (χ4v) is 3.67. The van der Waals surface area contributed by atoms with Gasteiger partial charge in [-0.05, 0) is 50.1 Å².